The number of hydrogen-bond acceptors (Lipinski definition) is 2. The molecule has 0 aliphatic carbocycles. The second-order valence-electron chi connectivity index (χ2n) is 4.83. The van der Waals surface area contributed by atoms with Gasteiger partial charge in [-0.05, 0) is 23.4 Å². The number of hydrogen-bond donors (Lipinski definition) is 1. The van der Waals surface area contributed by atoms with E-state index in [-0.39, 0.29) is 6.04 Å². The van der Waals surface area contributed by atoms with Crippen molar-refractivity contribution < 1.29 is 4.74 Å². The first-order valence-corrected chi connectivity index (χ1v) is 6.65. The summed E-state index contributed by atoms with van der Waals surface area (Å²) in [7, 11) is 0. The van der Waals surface area contributed by atoms with Gasteiger partial charge in [0.25, 0.3) is 0 Å². The second kappa shape index (κ2) is 4.88. The van der Waals surface area contributed by atoms with Crippen molar-refractivity contribution in [3.05, 3.63) is 47.0 Å². The zero-order valence-corrected chi connectivity index (χ0v) is 10.9. The molecule has 1 aliphatic rings. The monoisotopic (exact) mass is 261 g/mol. The predicted molar refractivity (Wildman–Crippen MR) is 74.8 cm³/mol. The fraction of sp³-hybridized carbons (Fsp3) is 0.333. The van der Waals surface area contributed by atoms with Crippen LogP contribution in [0, 0.1) is 5.92 Å². The van der Waals surface area contributed by atoms with Crippen LogP contribution in [0.25, 0.3) is 10.8 Å². The Morgan fingerprint density at radius 2 is 1.94 bits per heavy atom. The minimum atomic E-state index is 0.0228. The van der Waals surface area contributed by atoms with E-state index in [0.717, 1.165) is 35.4 Å². The summed E-state index contributed by atoms with van der Waals surface area (Å²) in [6, 6.07) is 12.2. The Hall–Kier alpha value is -1.09. The lowest BCUT2D eigenvalue weighted by atomic mass is 9.90. The summed E-state index contributed by atoms with van der Waals surface area (Å²) in [6.45, 7) is 1.59. The maximum absolute atomic E-state index is 6.39. The fourth-order valence-electron chi connectivity index (χ4n) is 2.67. The minimum absolute atomic E-state index is 0.0228. The second-order valence-corrected chi connectivity index (χ2v) is 5.24. The molecule has 0 aromatic heterocycles. The molecule has 1 aliphatic heterocycles. The molecule has 2 atom stereocenters. The molecule has 0 radical (unpaired) electrons. The summed E-state index contributed by atoms with van der Waals surface area (Å²) in [5.41, 5.74) is 7.57. The Bertz CT molecular complexity index is 563. The molecule has 18 heavy (non-hydrogen) atoms. The lowest BCUT2D eigenvalue weighted by Crippen LogP contribution is -2.21. The maximum Gasteiger partial charge on any atom is 0.0513 e. The van der Waals surface area contributed by atoms with E-state index in [9.17, 15) is 0 Å². The van der Waals surface area contributed by atoms with Crippen molar-refractivity contribution in [3.8, 4) is 0 Å². The van der Waals surface area contributed by atoms with Crippen molar-refractivity contribution in [1.29, 1.82) is 0 Å². The van der Waals surface area contributed by atoms with Gasteiger partial charge in [0.2, 0.25) is 0 Å². The Labute approximate surface area is 112 Å². The van der Waals surface area contributed by atoms with E-state index in [4.69, 9.17) is 22.1 Å². The molecule has 0 saturated carbocycles. The number of halogens is 1. The van der Waals surface area contributed by atoms with E-state index in [2.05, 4.69) is 6.07 Å². The topological polar surface area (TPSA) is 35.2 Å². The van der Waals surface area contributed by atoms with Gasteiger partial charge in [0.05, 0.1) is 6.61 Å². The third kappa shape index (κ3) is 2.01. The van der Waals surface area contributed by atoms with Crippen LogP contribution in [0.15, 0.2) is 36.4 Å². The van der Waals surface area contributed by atoms with Crippen LogP contribution in [0.2, 0.25) is 5.02 Å². The van der Waals surface area contributed by atoms with Crippen molar-refractivity contribution >= 4 is 22.4 Å². The average Bonchev–Trinajstić information content (AvgIpc) is 2.93. The van der Waals surface area contributed by atoms with Gasteiger partial charge in [0.15, 0.2) is 0 Å². The van der Waals surface area contributed by atoms with Gasteiger partial charge in [-0.3, -0.25) is 0 Å². The maximum atomic E-state index is 6.39. The van der Waals surface area contributed by atoms with E-state index < -0.39 is 0 Å². The zero-order valence-electron chi connectivity index (χ0n) is 10.1. The summed E-state index contributed by atoms with van der Waals surface area (Å²) in [6.07, 6.45) is 1.04. The van der Waals surface area contributed by atoms with Gasteiger partial charge < -0.3 is 10.5 Å². The molecule has 3 heteroatoms. The Morgan fingerprint density at radius 3 is 2.67 bits per heavy atom. The molecule has 1 heterocycles. The number of fused-ring (bicyclic) bond motifs is 1. The zero-order chi connectivity index (χ0) is 12.5. The van der Waals surface area contributed by atoms with Crippen molar-refractivity contribution in [3.63, 3.8) is 0 Å². The highest BCUT2D eigenvalue weighted by atomic mass is 35.5. The molecule has 3 rings (SSSR count). The summed E-state index contributed by atoms with van der Waals surface area (Å²) >= 11 is 6.23. The quantitative estimate of drug-likeness (QED) is 0.898. The molecule has 1 saturated heterocycles. The third-order valence-electron chi connectivity index (χ3n) is 3.74. The first-order valence-electron chi connectivity index (χ1n) is 6.28. The molecule has 2 aromatic carbocycles. The molecule has 2 aromatic rings. The number of ether oxygens (including phenoxy) is 1. The predicted octanol–water partition coefficient (Wildman–Crippen LogP) is 3.53. The standard InChI is InChI=1S/C15H16ClNO/c16-14-6-5-13(11-3-1-2-4-12(11)14)15(17)10-7-8-18-9-10/h1-6,10,15H,7-9,17H2. The Balaban J connectivity index is 2.08. The molecule has 94 valence electrons. The number of nitrogens with two attached hydrogens (primary N) is 1. The van der Waals surface area contributed by atoms with Gasteiger partial charge in [0.1, 0.15) is 0 Å². The molecule has 2 nitrogen and oxygen atoms in total. The SMILES string of the molecule is NC(c1ccc(Cl)c2ccccc12)C1CCOC1. The lowest BCUT2D eigenvalue weighted by molar-refractivity contribution is 0.181. The lowest BCUT2D eigenvalue weighted by Gasteiger charge is -2.20. The minimum Gasteiger partial charge on any atom is -0.381 e. The molecular formula is C15H16ClNO. The van der Waals surface area contributed by atoms with Crippen molar-refractivity contribution in [2.45, 2.75) is 12.5 Å². The molecule has 0 bridgehead atoms. The van der Waals surface area contributed by atoms with Gasteiger partial charge in [-0.25, -0.2) is 0 Å². The van der Waals surface area contributed by atoms with E-state index in [1.165, 1.54) is 5.56 Å². The first kappa shape index (κ1) is 12.0. The highest BCUT2D eigenvalue weighted by molar-refractivity contribution is 6.35. The molecular weight excluding hydrogens is 246 g/mol. The highest BCUT2D eigenvalue weighted by Crippen LogP contribution is 2.34. The summed E-state index contributed by atoms with van der Waals surface area (Å²) < 4.78 is 5.43. The molecule has 0 amide bonds. The van der Waals surface area contributed by atoms with Crippen molar-refractivity contribution in [2.24, 2.45) is 11.7 Å². The molecule has 2 unspecified atom stereocenters. The van der Waals surface area contributed by atoms with Gasteiger partial charge in [-0.15, -0.1) is 0 Å². The van der Waals surface area contributed by atoms with Gasteiger partial charge in [0, 0.05) is 29.0 Å². The van der Waals surface area contributed by atoms with E-state index in [0.29, 0.717) is 5.92 Å². The van der Waals surface area contributed by atoms with Crippen molar-refractivity contribution in [1.82, 2.24) is 0 Å². The van der Waals surface area contributed by atoms with Crippen LogP contribution in [0.5, 0.6) is 0 Å². The number of benzene rings is 2. The largest absolute Gasteiger partial charge is 0.381 e. The summed E-state index contributed by atoms with van der Waals surface area (Å²) in [5, 5.41) is 3.01. The molecule has 1 fully saturated rings. The fourth-order valence-corrected chi connectivity index (χ4v) is 2.89. The molecule has 0 spiro atoms. The van der Waals surface area contributed by atoms with Crippen LogP contribution >= 0.6 is 11.6 Å². The first-order chi connectivity index (χ1) is 8.77. The van der Waals surface area contributed by atoms with E-state index in [1.807, 2.05) is 30.3 Å². The number of rotatable bonds is 2. The Kier molecular flexibility index (Phi) is 3.25. The van der Waals surface area contributed by atoms with Gasteiger partial charge in [-0.2, -0.15) is 0 Å². The third-order valence-corrected chi connectivity index (χ3v) is 4.07. The van der Waals surface area contributed by atoms with Crippen LogP contribution in [0.3, 0.4) is 0 Å². The van der Waals surface area contributed by atoms with Crippen LogP contribution in [-0.4, -0.2) is 13.2 Å². The van der Waals surface area contributed by atoms with Crippen LogP contribution in [0.1, 0.15) is 18.0 Å². The average molecular weight is 262 g/mol. The van der Waals surface area contributed by atoms with E-state index >= 15 is 0 Å². The highest BCUT2D eigenvalue weighted by Gasteiger charge is 2.25. The summed E-state index contributed by atoms with van der Waals surface area (Å²) in [4.78, 5) is 0. The molecule has 2 N–H and O–H groups in total. The van der Waals surface area contributed by atoms with E-state index in [1.54, 1.807) is 0 Å². The van der Waals surface area contributed by atoms with Crippen molar-refractivity contribution in [2.75, 3.05) is 13.2 Å². The van der Waals surface area contributed by atoms with Gasteiger partial charge in [-0.1, -0.05) is 41.9 Å². The smallest absolute Gasteiger partial charge is 0.0513 e. The normalized spacial score (nSPS) is 21.3. The van der Waals surface area contributed by atoms with Crippen LogP contribution in [0.4, 0.5) is 0 Å². The van der Waals surface area contributed by atoms with Crippen LogP contribution in [-0.2, 0) is 4.74 Å². The van der Waals surface area contributed by atoms with Crippen LogP contribution < -0.4 is 5.73 Å². The van der Waals surface area contributed by atoms with Gasteiger partial charge >= 0.3 is 0 Å². The summed E-state index contributed by atoms with van der Waals surface area (Å²) in [5.74, 6) is 0.412. The Morgan fingerprint density at radius 1 is 1.17 bits per heavy atom.